The fourth-order valence-corrected chi connectivity index (χ4v) is 2.36. The summed E-state index contributed by atoms with van der Waals surface area (Å²) < 4.78 is 21.8. The van der Waals surface area contributed by atoms with Gasteiger partial charge in [-0.1, -0.05) is 13.2 Å². The van der Waals surface area contributed by atoms with Crippen LogP contribution in [0.15, 0.2) is 24.3 Å². The van der Waals surface area contributed by atoms with Crippen molar-refractivity contribution in [2.75, 3.05) is 19.8 Å². The van der Waals surface area contributed by atoms with E-state index >= 15 is 0 Å². The first kappa shape index (κ1) is 15.7. The minimum atomic E-state index is -0.513. The first-order chi connectivity index (χ1) is 9.90. The number of rotatable bonds is 4. The van der Waals surface area contributed by atoms with Gasteiger partial charge >= 0.3 is 11.9 Å². The van der Waals surface area contributed by atoms with Crippen molar-refractivity contribution in [1.29, 1.82) is 0 Å². The van der Waals surface area contributed by atoms with Gasteiger partial charge in [-0.25, -0.2) is 9.59 Å². The maximum absolute atomic E-state index is 11.6. The molecule has 0 bridgehead atoms. The van der Waals surface area contributed by atoms with Gasteiger partial charge in [-0.15, -0.1) is 0 Å². The quantitative estimate of drug-likeness (QED) is 0.569. The highest BCUT2D eigenvalue weighted by molar-refractivity contribution is 5.87. The lowest BCUT2D eigenvalue weighted by Crippen LogP contribution is -2.47. The molecule has 0 aromatic carbocycles. The van der Waals surface area contributed by atoms with Crippen LogP contribution in [0, 0.1) is 5.92 Å². The lowest BCUT2D eigenvalue weighted by Gasteiger charge is -2.33. The van der Waals surface area contributed by atoms with Crippen LogP contribution in [0.4, 0.5) is 0 Å². The van der Waals surface area contributed by atoms with E-state index in [9.17, 15) is 9.59 Å². The van der Waals surface area contributed by atoms with Crippen molar-refractivity contribution < 1.29 is 28.5 Å². The molecule has 0 N–H and O–H groups in total. The molecule has 2 aliphatic rings. The van der Waals surface area contributed by atoms with Gasteiger partial charge in [-0.05, 0) is 13.8 Å². The van der Waals surface area contributed by atoms with Gasteiger partial charge in [0.15, 0.2) is 6.10 Å². The highest BCUT2D eigenvalue weighted by Gasteiger charge is 2.48. The summed E-state index contributed by atoms with van der Waals surface area (Å²) in [5.74, 6) is -1.08. The summed E-state index contributed by atoms with van der Waals surface area (Å²) in [6.07, 6.45) is -1.25. The normalized spacial score (nSPS) is 31.1. The second-order valence-corrected chi connectivity index (χ2v) is 5.45. The van der Waals surface area contributed by atoms with Crippen molar-refractivity contribution in [2.45, 2.75) is 32.2 Å². The van der Waals surface area contributed by atoms with Gasteiger partial charge in [0.2, 0.25) is 0 Å². The zero-order chi connectivity index (χ0) is 15.6. The van der Waals surface area contributed by atoms with Crippen LogP contribution in [0.2, 0.25) is 0 Å². The second-order valence-electron chi connectivity index (χ2n) is 5.45. The Morgan fingerprint density at radius 1 is 0.952 bits per heavy atom. The molecule has 0 aliphatic carbocycles. The summed E-state index contributed by atoms with van der Waals surface area (Å²) in [6.45, 7) is 11.2. The summed E-state index contributed by atoms with van der Waals surface area (Å²) in [4.78, 5) is 23.2. The average Bonchev–Trinajstić information content (AvgIpc) is 2.83. The van der Waals surface area contributed by atoms with Crippen LogP contribution in [-0.2, 0) is 28.5 Å². The third kappa shape index (κ3) is 3.51. The van der Waals surface area contributed by atoms with Crippen LogP contribution in [0.1, 0.15) is 13.8 Å². The number of carbonyl (C=O) groups is 2. The molecular formula is C15H20O6. The van der Waals surface area contributed by atoms with Gasteiger partial charge < -0.3 is 18.9 Å². The van der Waals surface area contributed by atoms with Gasteiger partial charge in [0.25, 0.3) is 0 Å². The van der Waals surface area contributed by atoms with Crippen LogP contribution < -0.4 is 0 Å². The van der Waals surface area contributed by atoms with Crippen LogP contribution in [-0.4, -0.2) is 50.1 Å². The van der Waals surface area contributed by atoms with Crippen molar-refractivity contribution in [1.82, 2.24) is 0 Å². The molecule has 0 amide bonds. The molecule has 4 atom stereocenters. The van der Waals surface area contributed by atoms with Crippen molar-refractivity contribution in [3.8, 4) is 0 Å². The zero-order valence-corrected chi connectivity index (χ0v) is 12.3. The highest BCUT2D eigenvalue weighted by Crippen LogP contribution is 2.32. The van der Waals surface area contributed by atoms with Gasteiger partial charge in [-0.3, -0.25) is 0 Å². The molecule has 2 rings (SSSR count). The van der Waals surface area contributed by atoms with E-state index in [1.165, 1.54) is 0 Å². The summed E-state index contributed by atoms with van der Waals surface area (Å²) in [5.41, 5.74) is 0.654. The number of fused-ring (bicyclic) bond motifs is 1. The smallest absolute Gasteiger partial charge is 0.333 e. The molecule has 0 aromatic heterocycles. The Bertz CT molecular complexity index is 469. The highest BCUT2D eigenvalue weighted by atomic mass is 16.6. The SMILES string of the molecule is C=C(C)C(=O)OC1COCC2C1OC[C@H]2OC(=O)C(=C)C. The summed E-state index contributed by atoms with van der Waals surface area (Å²) in [5, 5.41) is 0. The molecule has 3 unspecified atom stereocenters. The predicted octanol–water partition coefficient (Wildman–Crippen LogP) is 1.01. The number of esters is 2. The van der Waals surface area contributed by atoms with E-state index in [0.29, 0.717) is 17.8 Å². The average molecular weight is 296 g/mol. The molecule has 2 saturated heterocycles. The van der Waals surface area contributed by atoms with Crippen LogP contribution in [0.5, 0.6) is 0 Å². The van der Waals surface area contributed by atoms with E-state index in [1.54, 1.807) is 13.8 Å². The Morgan fingerprint density at radius 2 is 1.52 bits per heavy atom. The summed E-state index contributed by atoms with van der Waals surface area (Å²) in [7, 11) is 0. The number of hydrogen-bond donors (Lipinski definition) is 0. The predicted molar refractivity (Wildman–Crippen MR) is 73.4 cm³/mol. The maximum Gasteiger partial charge on any atom is 0.333 e. The largest absolute Gasteiger partial charge is 0.456 e. The minimum Gasteiger partial charge on any atom is -0.456 e. The van der Waals surface area contributed by atoms with Crippen LogP contribution in [0.3, 0.4) is 0 Å². The monoisotopic (exact) mass is 296 g/mol. The molecule has 2 heterocycles. The minimum absolute atomic E-state index is 0.148. The summed E-state index contributed by atoms with van der Waals surface area (Å²) >= 11 is 0. The Kier molecular flexibility index (Phi) is 4.80. The van der Waals surface area contributed by atoms with Crippen LogP contribution in [0.25, 0.3) is 0 Å². The van der Waals surface area contributed by atoms with E-state index in [4.69, 9.17) is 18.9 Å². The molecule has 0 spiro atoms. The fourth-order valence-electron chi connectivity index (χ4n) is 2.36. The van der Waals surface area contributed by atoms with E-state index < -0.39 is 24.1 Å². The van der Waals surface area contributed by atoms with E-state index in [1.807, 2.05) is 0 Å². The molecule has 6 heteroatoms. The van der Waals surface area contributed by atoms with E-state index in [0.717, 1.165) is 0 Å². The maximum atomic E-state index is 11.6. The standard InChI is InChI=1S/C15H20O6/c1-8(2)14(16)20-11-7-19-13-10(11)5-18-6-12(13)21-15(17)9(3)4/h10-13H,1,3,5-7H2,2,4H3/t10?,11-,12?,13?/m1/s1. The first-order valence-corrected chi connectivity index (χ1v) is 6.82. The Balaban J connectivity index is 1.99. The lowest BCUT2D eigenvalue weighted by molar-refractivity contribution is -0.170. The first-order valence-electron chi connectivity index (χ1n) is 6.82. The van der Waals surface area contributed by atoms with Crippen molar-refractivity contribution in [3.63, 3.8) is 0 Å². The lowest BCUT2D eigenvalue weighted by atomic mass is 9.94. The zero-order valence-electron chi connectivity index (χ0n) is 12.3. The van der Waals surface area contributed by atoms with E-state index in [-0.39, 0.29) is 25.2 Å². The molecular weight excluding hydrogens is 276 g/mol. The molecule has 6 nitrogen and oxygen atoms in total. The molecule has 2 aliphatic heterocycles. The molecule has 0 saturated carbocycles. The fraction of sp³-hybridized carbons (Fsp3) is 0.600. The Morgan fingerprint density at radius 3 is 2.10 bits per heavy atom. The molecule has 21 heavy (non-hydrogen) atoms. The number of hydrogen-bond acceptors (Lipinski definition) is 6. The van der Waals surface area contributed by atoms with Crippen molar-refractivity contribution in [2.24, 2.45) is 5.92 Å². The Hall–Kier alpha value is -1.66. The van der Waals surface area contributed by atoms with Crippen LogP contribution >= 0.6 is 0 Å². The van der Waals surface area contributed by atoms with Gasteiger partial charge in [-0.2, -0.15) is 0 Å². The van der Waals surface area contributed by atoms with Crippen molar-refractivity contribution in [3.05, 3.63) is 24.3 Å². The number of carbonyl (C=O) groups excluding carboxylic acids is 2. The van der Waals surface area contributed by atoms with Gasteiger partial charge in [0, 0.05) is 11.1 Å². The van der Waals surface area contributed by atoms with Crippen molar-refractivity contribution >= 4 is 11.9 Å². The Labute approximate surface area is 123 Å². The summed E-state index contributed by atoms with van der Waals surface area (Å²) in [6, 6.07) is 0. The second kappa shape index (κ2) is 6.41. The molecule has 2 fully saturated rings. The molecule has 116 valence electrons. The van der Waals surface area contributed by atoms with Gasteiger partial charge in [0.05, 0.1) is 25.7 Å². The third-order valence-corrected chi connectivity index (χ3v) is 3.53. The number of ether oxygens (including phenoxy) is 4. The third-order valence-electron chi connectivity index (χ3n) is 3.53. The van der Waals surface area contributed by atoms with E-state index in [2.05, 4.69) is 13.2 Å². The molecule has 0 aromatic rings. The molecule has 0 radical (unpaired) electrons. The topological polar surface area (TPSA) is 71.1 Å². The van der Waals surface area contributed by atoms with Gasteiger partial charge in [0.1, 0.15) is 12.2 Å².